The van der Waals surface area contributed by atoms with Gasteiger partial charge in [0.25, 0.3) is 0 Å². The van der Waals surface area contributed by atoms with Crippen LogP contribution in [0, 0.1) is 0 Å². The van der Waals surface area contributed by atoms with Crippen molar-refractivity contribution in [2.75, 3.05) is 0 Å². The fourth-order valence-electron chi connectivity index (χ4n) is 2.29. The maximum absolute atomic E-state index is 11.8. The van der Waals surface area contributed by atoms with Gasteiger partial charge in [-0.25, -0.2) is 10.9 Å². The van der Waals surface area contributed by atoms with Gasteiger partial charge >= 0.3 is 0 Å². The van der Waals surface area contributed by atoms with Gasteiger partial charge in [0.05, 0.1) is 11.4 Å². The van der Waals surface area contributed by atoms with E-state index in [0.29, 0.717) is 37.1 Å². The molecule has 28 heavy (non-hydrogen) atoms. The predicted octanol–water partition coefficient (Wildman–Crippen LogP) is 2.42. The van der Waals surface area contributed by atoms with Crippen molar-refractivity contribution in [1.29, 1.82) is 0 Å². The number of aromatic nitrogens is 2. The first-order valence-corrected chi connectivity index (χ1v) is 9.03. The maximum Gasteiger partial charge on any atom is 0.240 e. The Balaban J connectivity index is 1.64. The van der Waals surface area contributed by atoms with Crippen molar-refractivity contribution in [3.8, 4) is 0 Å². The Morgan fingerprint density at radius 2 is 1.11 bits per heavy atom. The lowest BCUT2D eigenvalue weighted by Gasteiger charge is -2.04. The van der Waals surface area contributed by atoms with E-state index < -0.39 is 0 Å². The third-order valence-corrected chi connectivity index (χ3v) is 3.95. The smallest absolute Gasteiger partial charge is 0.240 e. The zero-order valence-electron chi connectivity index (χ0n) is 16.1. The zero-order valence-corrected chi connectivity index (χ0v) is 16.1. The third kappa shape index (κ3) is 7.45. The Kier molecular flexibility index (Phi) is 8.45. The number of unbranched alkanes of at least 4 members (excludes halogenated alkanes) is 1. The molecule has 146 valence electrons. The number of pyridine rings is 2. The summed E-state index contributed by atoms with van der Waals surface area (Å²) in [7, 11) is 0. The van der Waals surface area contributed by atoms with E-state index >= 15 is 0 Å². The lowest BCUT2D eigenvalue weighted by atomic mass is 10.2. The van der Waals surface area contributed by atoms with Crippen molar-refractivity contribution in [2.24, 2.45) is 10.2 Å². The van der Waals surface area contributed by atoms with E-state index in [1.54, 1.807) is 24.8 Å². The summed E-state index contributed by atoms with van der Waals surface area (Å²) in [4.78, 5) is 31.6. The third-order valence-electron chi connectivity index (χ3n) is 3.95. The second-order valence-electron chi connectivity index (χ2n) is 6.14. The van der Waals surface area contributed by atoms with Crippen molar-refractivity contribution in [3.05, 3.63) is 60.2 Å². The van der Waals surface area contributed by atoms with E-state index in [1.165, 1.54) is 0 Å². The van der Waals surface area contributed by atoms with Crippen LogP contribution in [-0.4, -0.2) is 33.2 Å². The van der Waals surface area contributed by atoms with E-state index in [9.17, 15) is 9.59 Å². The van der Waals surface area contributed by atoms with Crippen LogP contribution in [0.1, 0.15) is 50.7 Å². The van der Waals surface area contributed by atoms with Gasteiger partial charge in [0, 0.05) is 48.8 Å². The SMILES string of the molecule is CC(=NNC(=O)CCCCC(=O)NN=C(C)c1ccncc1)c1ccncc1. The number of hydrogen-bond acceptors (Lipinski definition) is 6. The Hall–Kier alpha value is -3.42. The first-order chi connectivity index (χ1) is 13.6. The number of carbonyl (C=O) groups is 2. The number of hydrogen-bond donors (Lipinski definition) is 2. The zero-order chi connectivity index (χ0) is 20.2. The monoisotopic (exact) mass is 380 g/mol. The highest BCUT2D eigenvalue weighted by molar-refractivity contribution is 5.99. The molecule has 2 amide bonds. The van der Waals surface area contributed by atoms with E-state index in [2.05, 4.69) is 31.0 Å². The summed E-state index contributed by atoms with van der Waals surface area (Å²) in [5, 5.41) is 8.15. The van der Waals surface area contributed by atoms with Gasteiger partial charge in [-0.1, -0.05) is 0 Å². The van der Waals surface area contributed by atoms with Gasteiger partial charge in [0.2, 0.25) is 11.8 Å². The number of nitrogens with one attached hydrogen (secondary N) is 2. The number of nitrogens with zero attached hydrogens (tertiary/aromatic N) is 4. The van der Waals surface area contributed by atoms with Crippen molar-refractivity contribution in [2.45, 2.75) is 39.5 Å². The molecule has 2 N–H and O–H groups in total. The highest BCUT2D eigenvalue weighted by Crippen LogP contribution is 2.02. The Bertz CT molecular complexity index is 763. The van der Waals surface area contributed by atoms with Crippen LogP contribution in [0.25, 0.3) is 0 Å². The minimum atomic E-state index is -0.180. The molecule has 0 unspecified atom stereocenters. The summed E-state index contributed by atoms with van der Waals surface area (Å²) in [6.45, 7) is 3.63. The second-order valence-corrected chi connectivity index (χ2v) is 6.14. The lowest BCUT2D eigenvalue weighted by Crippen LogP contribution is -2.20. The Labute approximate surface area is 164 Å². The summed E-state index contributed by atoms with van der Waals surface area (Å²) in [6.07, 6.45) is 8.48. The molecule has 0 spiro atoms. The first kappa shape index (κ1) is 20.9. The average Bonchev–Trinajstić information content (AvgIpc) is 2.74. The van der Waals surface area contributed by atoms with Crippen LogP contribution in [-0.2, 0) is 9.59 Å². The predicted molar refractivity (Wildman–Crippen MR) is 108 cm³/mol. The summed E-state index contributed by atoms with van der Waals surface area (Å²) in [5.74, 6) is -0.360. The molecule has 0 radical (unpaired) electrons. The van der Waals surface area contributed by atoms with Crippen LogP contribution in [0.4, 0.5) is 0 Å². The normalized spacial score (nSPS) is 11.8. The quantitative estimate of drug-likeness (QED) is 0.395. The summed E-state index contributed by atoms with van der Waals surface area (Å²) < 4.78 is 0. The van der Waals surface area contributed by atoms with Crippen LogP contribution in [0.3, 0.4) is 0 Å². The number of amides is 2. The Morgan fingerprint density at radius 3 is 1.46 bits per heavy atom. The maximum atomic E-state index is 11.8. The van der Waals surface area contributed by atoms with Gasteiger partial charge in [-0.3, -0.25) is 19.6 Å². The summed E-state index contributed by atoms with van der Waals surface area (Å²) in [6, 6.07) is 7.29. The van der Waals surface area contributed by atoms with Crippen LogP contribution < -0.4 is 10.9 Å². The van der Waals surface area contributed by atoms with Crippen LogP contribution >= 0.6 is 0 Å². The standard InChI is InChI=1S/C20H24N6O2/c1-15(17-7-11-21-12-8-17)23-25-19(27)5-3-4-6-20(28)26-24-16(2)18-9-13-22-14-10-18/h7-14H,3-6H2,1-2H3,(H,25,27)(H,26,28). The molecule has 0 aliphatic carbocycles. The van der Waals surface area contributed by atoms with Crippen molar-refractivity contribution >= 4 is 23.2 Å². The van der Waals surface area contributed by atoms with E-state index in [-0.39, 0.29) is 11.8 Å². The van der Waals surface area contributed by atoms with Gasteiger partial charge < -0.3 is 0 Å². The molecule has 0 fully saturated rings. The van der Waals surface area contributed by atoms with Gasteiger partial charge in [0.15, 0.2) is 0 Å². The fourth-order valence-corrected chi connectivity index (χ4v) is 2.29. The van der Waals surface area contributed by atoms with Crippen LogP contribution in [0.2, 0.25) is 0 Å². The molecule has 0 saturated carbocycles. The minimum absolute atomic E-state index is 0.180. The molecule has 2 rings (SSSR count). The molecule has 2 aromatic rings. The largest absolute Gasteiger partial charge is 0.273 e. The van der Waals surface area contributed by atoms with E-state index in [4.69, 9.17) is 0 Å². The molecule has 0 aliphatic rings. The molecule has 8 nitrogen and oxygen atoms in total. The number of hydrazone groups is 2. The fraction of sp³-hybridized carbons (Fsp3) is 0.300. The molecule has 0 bridgehead atoms. The first-order valence-electron chi connectivity index (χ1n) is 9.03. The highest BCUT2D eigenvalue weighted by atomic mass is 16.2. The van der Waals surface area contributed by atoms with E-state index in [0.717, 1.165) is 11.1 Å². The minimum Gasteiger partial charge on any atom is -0.273 e. The topological polar surface area (TPSA) is 109 Å². The van der Waals surface area contributed by atoms with Crippen LogP contribution in [0.5, 0.6) is 0 Å². The molecule has 0 saturated heterocycles. The molecule has 2 aromatic heterocycles. The Morgan fingerprint density at radius 1 is 0.750 bits per heavy atom. The van der Waals surface area contributed by atoms with Crippen molar-refractivity contribution < 1.29 is 9.59 Å². The lowest BCUT2D eigenvalue weighted by molar-refractivity contribution is -0.123. The molecule has 2 heterocycles. The number of carbonyl (C=O) groups excluding carboxylic acids is 2. The molecule has 0 aromatic carbocycles. The summed E-state index contributed by atoms with van der Waals surface area (Å²) in [5.41, 5.74) is 8.26. The molecular weight excluding hydrogens is 356 g/mol. The second kappa shape index (κ2) is 11.3. The average molecular weight is 380 g/mol. The van der Waals surface area contributed by atoms with Gasteiger partial charge in [-0.05, 0) is 51.0 Å². The van der Waals surface area contributed by atoms with Gasteiger partial charge in [-0.2, -0.15) is 10.2 Å². The van der Waals surface area contributed by atoms with E-state index in [1.807, 2.05) is 38.1 Å². The molecular formula is C20H24N6O2. The molecule has 8 heteroatoms. The molecule has 0 aliphatic heterocycles. The van der Waals surface area contributed by atoms with Gasteiger partial charge in [-0.15, -0.1) is 0 Å². The highest BCUT2D eigenvalue weighted by Gasteiger charge is 2.05. The van der Waals surface area contributed by atoms with Crippen molar-refractivity contribution in [3.63, 3.8) is 0 Å². The summed E-state index contributed by atoms with van der Waals surface area (Å²) >= 11 is 0. The molecule has 0 atom stereocenters. The number of rotatable bonds is 9. The van der Waals surface area contributed by atoms with Crippen molar-refractivity contribution in [1.82, 2.24) is 20.8 Å². The van der Waals surface area contributed by atoms with Gasteiger partial charge in [0.1, 0.15) is 0 Å². The van der Waals surface area contributed by atoms with Crippen LogP contribution in [0.15, 0.2) is 59.3 Å².